The maximum atomic E-state index is 10.5. The summed E-state index contributed by atoms with van der Waals surface area (Å²) in [6.07, 6.45) is -0.231. The average molecular weight is 206 g/mol. The largest absolute Gasteiger partial charge is 0.460 e. The topological polar surface area (TPSA) is 65.0 Å². The van der Waals surface area contributed by atoms with Gasteiger partial charge in [0.25, 0.3) is 0 Å². The van der Waals surface area contributed by atoms with Crippen LogP contribution in [0.25, 0.3) is 0 Å². The molecular weight excluding hydrogens is 188 g/mol. The number of esters is 1. The Morgan fingerprint density at radius 1 is 1.29 bits per heavy atom. The molecule has 14 heavy (non-hydrogen) atoms. The molecule has 0 radical (unpaired) electrons. The fourth-order valence-corrected chi connectivity index (χ4v) is 0.851. The second-order valence-electron chi connectivity index (χ2n) is 2.83. The average Bonchev–Trinajstić information content (AvgIpc) is 2.10. The van der Waals surface area contributed by atoms with Crippen molar-refractivity contribution in [3.05, 3.63) is 0 Å². The van der Waals surface area contributed by atoms with Crippen molar-refractivity contribution in [2.45, 2.75) is 20.0 Å². The molecule has 0 aromatic carbocycles. The first-order chi connectivity index (χ1) is 6.66. The van der Waals surface area contributed by atoms with Gasteiger partial charge in [0.05, 0.1) is 33.0 Å². The molecule has 0 fully saturated rings. The van der Waals surface area contributed by atoms with Gasteiger partial charge in [0.15, 0.2) is 0 Å². The number of ether oxygens (including phenoxy) is 3. The molecule has 0 saturated carbocycles. The Kier molecular flexibility index (Phi) is 8.51. The van der Waals surface area contributed by atoms with Crippen molar-refractivity contribution in [1.29, 1.82) is 0 Å². The third kappa shape index (κ3) is 9.44. The third-order valence-electron chi connectivity index (χ3n) is 1.33. The standard InChI is InChI=1S/C9H18O5/c1-8(14-9(2)11)7-13-6-5-12-4-3-10/h8,10H,3-7H2,1-2H3. The van der Waals surface area contributed by atoms with Crippen molar-refractivity contribution in [2.24, 2.45) is 0 Å². The Hall–Kier alpha value is -0.650. The number of carbonyl (C=O) groups excluding carboxylic acids is 1. The lowest BCUT2D eigenvalue weighted by Crippen LogP contribution is -2.20. The number of aliphatic hydroxyl groups is 1. The Bertz CT molecular complexity index is 148. The normalized spacial score (nSPS) is 12.5. The van der Waals surface area contributed by atoms with Crippen LogP contribution in [0, 0.1) is 0 Å². The van der Waals surface area contributed by atoms with E-state index in [2.05, 4.69) is 0 Å². The second kappa shape index (κ2) is 8.93. The first-order valence-electron chi connectivity index (χ1n) is 4.60. The van der Waals surface area contributed by atoms with Crippen LogP contribution < -0.4 is 0 Å². The van der Waals surface area contributed by atoms with Crippen LogP contribution in [0.5, 0.6) is 0 Å². The molecule has 1 unspecified atom stereocenters. The van der Waals surface area contributed by atoms with E-state index < -0.39 is 0 Å². The number of hydrogen-bond donors (Lipinski definition) is 1. The summed E-state index contributed by atoms with van der Waals surface area (Å²) in [6, 6.07) is 0. The second-order valence-corrected chi connectivity index (χ2v) is 2.83. The fraction of sp³-hybridized carbons (Fsp3) is 0.889. The van der Waals surface area contributed by atoms with Gasteiger partial charge in [-0.25, -0.2) is 0 Å². The Labute approximate surface area is 84.0 Å². The molecule has 0 aromatic rings. The van der Waals surface area contributed by atoms with Crippen LogP contribution >= 0.6 is 0 Å². The van der Waals surface area contributed by atoms with E-state index >= 15 is 0 Å². The zero-order valence-electron chi connectivity index (χ0n) is 8.69. The molecular formula is C9H18O5. The van der Waals surface area contributed by atoms with Gasteiger partial charge in [-0.05, 0) is 6.92 Å². The first kappa shape index (κ1) is 13.4. The number of hydrogen-bond acceptors (Lipinski definition) is 5. The molecule has 0 aliphatic heterocycles. The quantitative estimate of drug-likeness (QED) is 0.446. The molecule has 5 heteroatoms. The third-order valence-corrected chi connectivity index (χ3v) is 1.33. The van der Waals surface area contributed by atoms with Crippen molar-refractivity contribution in [2.75, 3.05) is 33.0 Å². The van der Waals surface area contributed by atoms with Crippen LogP contribution in [0.1, 0.15) is 13.8 Å². The highest BCUT2D eigenvalue weighted by atomic mass is 16.6. The SMILES string of the molecule is CC(=O)OC(C)COCCOCCO. The predicted molar refractivity (Wildman–Crippen MR) is 50.0 cm³/mol. The smallest absolute Gasteiger partial charge is 0.302 e. The van der Waals surface area contributed by atoms with Gasteiger partial charge in [0.1, 0.15) is 6.10 Å². The lowest BCUT2D eigenvalue weighted by atomic mass is 10.4. The van der Waals surface area contributed by atoms with E-state index in [4.69, 9.17) is 19.3 Å². The van der Waals surface area contributed by atoms with Crippen LogP contribution in [0.3, 0.4) is 0 Å². The van der Waals surface area contributed by atoms with Crippen LogP contribution in [0.4, 0.5) is 0 Å². The van der Waals surface area contributed by atoms with Gasteiger partial charge in [-0.2, -0.15) is 0 Å². The molecule has 5 nitrogen and oxygen atoms in total. The predicted octanol–water partition coefficient (Wildman–Crippen LogP) is -0.0365. The minimum Gasteiger partial charge on any atom is -0.460 e. The zero-order chi connectivity index (χ0) is 10.8. The summed E-state index contributed by atoms with van der Waals surface area (Å²) in [5.74, 6) is -0.308. The van der Waals surface area contributed by atoms with E-state index in [-0.39, 0.29) is 18.7 Å². The summed E-state index contributed by atoms with van der Waals surface area (Å²) in [7, 11) is 0. The van der Waals surface area contributed by atoms with Gasteiger partial charge >= 0.3 is 5.97 Å². The molecule has 0 rings (SSSR count). The van der Waals surface area contributed by atoms with Crippen molar-refractivity contribution in [3.63, 3.8) is 0 Å². The monoisotopic (exact) mass is 206 g/mol. The lowest BCUT2D eigenvalue weighted by Gasteiger charge is -2.11. The molecule has 84 valence electrons. The van der Waals surface area contributed by atoms with E-state index in [1.807, 2.05) is 0 Å². The van der Waals surface area contributed by atoms with E-state index in [0.717, 1.165) is 0 Å². The summed E-state index contributed by atoms with van der Waals surface area (Å²) >= 11 is 0. The summed E-state index contributed by atoms with van der Waals surface area (Å²) in [5.41, 5.74) is 0. The molecule has 0 aromatic heterocycles. The number of aliphatic hydroxyl groups excluding tert-OH is 1. The van der Waals surface area contributed by atoms with Gasteiger partial charge in [-0.15, -0.1) is 0 Å². The van der Waals surface area contributed by atoms with Crippen LogP contribution in [0.15, 0.2) is 0 Å². The minimum absolute atomic E-state index is 0.0177. The maximum Gasteiger partial charge on any atom is 0.302 e. The molecule has 0 aliphatic rings. The molecule has 0 spiro atoms. The van der Waals surface area contributed by atoms with Gasteiger partial charge in [-0.1, -0.05) is 0 Å². The highest BCUT2D eigenvalue weighted by molar-refractivity contribution is 5.66. The Balaban J connectivity index is 3.14. The highest BCUT2D eigenvalue weighted by Gasteiger charge is 2.04. The fourth-order valence-electron chi connectivity index (χ4n) is 0.851. The molecule has 0 aliphatic carbocycles. The van der Waals surface area contributed by atoms with Crippen molar-refractivity contribution in [1.82, 2.24) is 0 Å². The van der Waals surface area contributed by atoms with Gasteiger partial charge in [-0.3, -0.25) is 4.79 Å². The Morgan fingerprint density at radius 2 is 1.93 bits per heavy atom. The summed E-state index contributed by atoms with van der Waals surface area (Å²) in [4.78, 5) is 10.5. The molecule has 1 N–H and O–H groups in total. The van der Waals surface area contributed by atoms with Gasteiger partial charge in [0, 0.05) is 6.92 Å². The van der Waals surface area contributed by atoms with Crippen LogP contribution in [0.2, 0.25) is 0 Å². The van der Waals surface area contributed by atoms with Crippen molar-refractivity contribution in [3.8, 4) is 0 Å². The van der Waals surface area contributed by atoms with Crippen molar-refractivity contribution < 1.29 is 24.1 Å². The van der Waals surface area contributed by atoms with E-state index in [1.54, 1.807) is 6.92 Å². The zero-order valence-corrected chi connectivity index (χ0v) is 8.69. The van der Waals surface area contributed by atoms with E-state index in [1.165, 1.54) is 6.92 Å². The van der Waals surface area contributed by atoms with E-state index in [0.29, 0.717) is 26.4 Å². The molecule has 0 heterocycles. The van der Waals surface area contributed by atoms with E-state index in [9.17, 15) is 4.79 Å². The van der Waals surface area contributed by atoms with Crippen LogP contribution in [-0.2, 0) is 19.0 Å². The molecule has 1 atom stereocenters. The highest BCUT2D eigenvalue weighted by Crippen LogP contribution is 1.92. The summed E-state index contributed by atoms with van der Waals surface area (Å²) < 4.78 is 15.0. The Morgan fingerprint density at radius 3 is 2.50 bits per heavy atom. The first-order valence-corrected chi connectivity index (χ1v) is 4.60. The number of carbonyl (C=O) groups is 1. The maximum absolute atomic E-state index is 10.5. The number of rotatable bonds is 8. The summed E-state index contributed by atoms with van der Waals surface area (Å²) in [6.45, 7) is 4.70. The molecule has 0 amide bonds. The van der Waals surface area contributed by atoms with Crippen LogP contribution in [-0.4, -0.2) is 50.2 Å². The van der Waals surface area contributed by atoms with Gasteiger partial charge in [0.2, 0.25) is 0 Å². The van der Waals surface area contributed by atoms with Gasteiger partial charge < -0.3 is 19.3 Å². The molecule has 0 saturated heterocycles. The molecule has 0 bridgehead atoms. The lowest BCUT2D eigenvalue weighted by molar-refractivity contribution is -0.148. The summed E-state index contributed by atoms with van der Waals surface area (Å²) in [5, 5.41) is 8.39. The van der Waals surface area contributed by atoms with Crippen molar-refractivity contribution >= 4 is 5.97 Å². The minimum atomic E-state index is -0.308.